The third kappa shape index (κ3) is 2.01. The summed E-state index contributed by atoms with van der Waals surface area (Å²) in [4.78, 5) is 2.24. The number of hydrogen-bond acceptors (Lipinski definition) is 4. The van der Waals surface area contributed by atoms with Crippen LogP contribution in [0.25, 0.3) is 11.3 Å². The van der Waals surface area contributed by atoms with Gasteiger partial charge in [-0.2, -0.15) is 0 Å². The molecule has 3 atom stereocenters. The van der Waals surface area contributed by atoms with E-state index in [1.165, 1.54) is 12.1 Å². The Bertz CT molecular complexity index is 644. The zero-order valence-corrected chi connectivity index (χ0v) is 11.1. The van der Waals surface area contributed by atoms with E-state index in [9.17, 15) is 4.39 Å². The van der Waals surface area contributed by atoms with Crippen molar-refractivity contribution in [3.8, 4) is 11.3 Å². The smallest absolute Gasteiger partial charge is 0.123 e. The van der Waals surface area contributed by atoms with Gasteiger partial charge in [-0.1, -0.05) is 17.3 Å². The van der Waals surface area contributed by atoms with Crippen LogP contribution in [0.1, 0.15) is 6.04 Å². The molecular weight excluding hydrogens is 259 g/mol. The molecule has 1 aromatic heterocycles. The summed E-state index contributed by atoms with van der Waals surface area (Å²) in [6.45, 7) is 1.87. The van der Waals surface area contributed by atoms with Crippen molar-refractivity contribution in [2.75, 3.05) is 20.1 Å². The molecule has 20 heavy (non-hydrogen) atoms. The van der Waals surface area contributed by atoms with Gasteiger partial charge in [0.15, 0.2) is 0 Å². The average molecular weight is 274 g/mol. The van der Waals surface area contributed by atoms with E-state index in [1.54, 1.807) is 6.07 Å². The fourth-order valence-corrected chi connectivity index (χ4v) is 2.90. The Balaban J connectivity index is 1.62. The molecule has 0 aliphatic carbocycles. The van der Waals surface area contributed by atoms with Crippen molar-refractivity contribution < 1.29 is 9.13 Å². The third-order valence-electron chi connectivity index (χ3n) is 3.96. The van der Waals surface area contributed by atoms with Crippen LogP contribution in [0.5, 0.6) is 0 Å². The van der Waals surface area contributed by atoms with Gasteiger partial charge in [0.05, 0.1) is 18.3 Å². The second kappa shape index (κ2) is 4.36. The van der Waals surface area contributed by atoms with Gasteiger partial charge in [-0.05, 0) is 19.2 Å². The minimum atomic E-state index is -0.264. The second-order valence-electron chi connectivity index (χ2n) is 5.52. The summed E-state index contributed by atoms with van der Waals surface area (Å²) in [5.74, 6) is -0.264. The van der Waals surface area contributed by atoms with Crippen LogP contribution < -0.4 is 0 Å². The first-order valence-electron chi connectivity index (χ1n) is 6.72. The van der Waals surface area contributed by atoms with Crippen LogP contribution in [0.4, 0.5) is 4.39 Å². The Morgan fingerprint density at radius 2 is 2.25 bits per heavy atom. The van der Waals surface area contributed by atoms with E-state index in [4.69, 9.17) is 4.74 Å². The molecule has 2 aliphatic heterocycles. The highest BCUT2D eigenvalue weighted by Gasteiger charge is 2.50. The molecule has 0 bridgehead atoms. The van der Waals surface area contributed by atoms with E-state index in [2.05, 4.69) is 22.3 Å². The van der Waals surface area contributed by atoms with Gasteiger partial charge in [-0.3, -0.25) is 0 Å². The number of nitrogens with zero attached hydrogens (tertiary/aromatic N) is 4. The highest BCUT2D eigenvalue weighted by atomic mass is 19.1. The topological polar surface area (TPSA) is 46.5 Å². The van der Waals surface area contributed by atoms with Gasteiger partial charge in [-0.25, -0.2) is 9.07 Å². The summed E-state index contributed by atoms with van der Waals surface area (Å²) < 4.78 is 20.8. The van der Waals surface area contributed by atoms with Crippen LogP contribution in [-0.2, 0) is 4.74 Å². The zero-order chi connectivity index (χ0) is 13.7. The van der Waals surface area contributed by atoms with Gasteiger partial charge < -0.3 is 9.64 Å². The van der Waals surface area contributed by atoms with Gasteiger partial charge in [0.2, 0.25) is 0 Å². The fourth-order valence-electron chi connectivity index (χ4n) is 2.90. The molecule has 3 heterocycles. The lowest BCUT2D eigenvalue weighted by Crippen LogP contribution is -2.39. The lowest BCUT2D eigenvalue weighted by Gasteiger charge is -2.26. The number of piperidine rings is 1. The first-order valence-corrected chi connectivity index (χ1v) is 6.72. The molecular formula is C14H15FN4O. The number of fused-ring (bicyclic) bond motifs is 1. The van der Waals surface area contributed by atoms with Gasteiger partial charge in [0, 0.05) is 18.7 Å². The van der Waals surface area contributed by atoms with Crippen molar-refractivity contribution in [1.82, 2.24) is 19.9 Å². The van der Waals surface area contributed by atoms with Crippen LogP contribution in [0, 0.1) is 5.82 Å². The molecule has 0 N–H and O–H groups in total. The predicted molar refractivity (Wildman–Crippen MR) is 70.6 cm³/mol. The number of aromatic nitrogens is 3. The highest BCUT2D eigenvalue weighted by molar-refractivity contribution is 5.57. The van der Waals surface area contributed by atoms with Crippen molar-refractivity contribution in [2.24, 2.45) is 0 Å². The zero-order valence-electron chi connectivity index (χ0n) is 11.1. The summed E-state index contributed by atoms with van der Waals surface area (Å²) in [6, 6.07) is 6.59. The van der Waals surface area contributed by atoms with Crippen LogP contribution in [-0.4, -0.2) is 52.2 Å². The molecule has 0 amide bonds. The molecule has 6 heteroatoms. The lowest BCUT2D eigenvalue weighted by molar-refractivity contribution is 0.227. The minimum Gasteiger partial charge on any atom is -0.366 e. The summed E-state index contributed by atoms with van der Waals surface area (Å²) >= 11 is 0. The van der Waals surface area contributed by atoms with Crippen molar-refractivity contribution in [2.45, 2.75) is 18.2 Å². The summed E-state index contributed by atoms with van der Waals surface area (Å²) in [7, 11) is 2.08. The molecule has 5 nitrogen and oxygen atoms in total. The fraction of sp³-hybridized carbons (Fsp3) is 0.429. The van der Waals surface area contributed by atoms with Gasteiger partial charge in [0.1, 0.15) is 17.6 Å². The van der Waals surface area contributed by atoms with E-state index in [0.717, 1.165) is 18.7 Å². The highest BCUT2D eigenvalue weighted by Crippen LogP contribution is 2.37. The SMILES string of the molecule is CN1C[C@@H](n2cc(-c3cccc(F)c3)nn2)[C@@H]2O[C@@H]2C1. The number of likely N-dealkylation sites (tertiary alicyclic amines) is 1. The molecule has 1 aromatic carbocycles. The molecule has 2 aliphatic rings. The van der Waals surface area contributed by atoms with Crippen molar-refractivity contribution in [1.29, 1.82) is 0 Å². The molecule has 0 spiro atoms. The molecule has 0 radical (unpaired) electrons. The summed E-state index contributed by atoms with van der Waals surface area (Å²) in [5, 5.41) is 8.35. The predicted octanol–water partition coefficient (Wildman–Crippen LogP) is 1.34. The van der Waals surface area contributed by atoms with Crippen LogP contribution in [0.15, 0.2) is 30.5 Å². The normalized spacial score (nSPS) is 29.2. The largest absolute Gasteiger partial charge is 0.366 e. The van der Waals surface area contributed by atoms with E-state index in [-0.39, 0.29) is 18.0 Å². The average Bonchev–Trinajstić information content (AvgIpc) is 3.02. The quantitative estimate of drug-likeness (QED) is 0.775. The number of rotatable bonds is 2. The third-order valence-corrected chi connectivity index (χ3v) is 3.96. The van der Waals surface area contributed by atoms with E-state index < -0.39 is 0 Å². The maximum absolute atomic E-state index is 13.3. The number of epoxide rings is 1. The van der Waals surface area contributed by atoms with Crippen LogP contribution >= 0.6 is 0 Å². The monoisotopic (exact) mass is 274 g/mol. The molecule has 104 valence electrons. The maximum atomic E-state index is 13.3. The number of hydrogen-bond donors (Lipinski definition) is 0. The Morgan fingerprint density at radius 1 is 1.35 bits per heavy atom. The number of ether oxygens (including phenoxy) is 1. The Hall–Kier alpha value is -1.79. The number of halogens is 1. The van der Waals surface area contributed by atoms with Crippen LogP contribution in [0.2, 0.25) is 0 Å². The molecule has 0 saturated carbocycles. The molecule has 2 fully saturated rings. The van der Waals surface area contributed by atoms with Gasteiger partial charge in [-0.15, -0.1) is 5.10 Å². The lowest BCUT2D eigenvalue weighted by atomic mass is 10.1. The molecule has 2 aromatic rings. The first kappa shape index (κ1) is 12.0. The number of likely N-dealkylation sites (N-methyl/N-ethyl adjacent to an activating group) is 1. The Labute approximate surface area is 116 Å². The van der Waals surface area contributed by atoms with Gasteiger partial charge >= 0.3 is 0 Å². The number of benzene rings is 1. The van der Waals surface area contributed by atoms with E-state index in [0.29, 0.717) is 11.8 Å². The second-order valence-corrected chi connectivity index (χ2v) is 5.52. The molecule has 2 saturated heterocycles. The van der Waals surface area contributed by atoms with E-state index in [1.807, 2.05) is 16.9 Å². The van der Waals surface area contributed by atoms with E-state index >= 15 is 0 Å². The Kier molecular flexibility index (Phi) is 2.61. The van der Waals surface area contributed by atoms with Crippen molar-refractivity contribution in [3.63, 3.8) is 0 Å². The maximum Gasteiger partial charge on any atom is 0.123 e. The summed E-state index contributed by atoms with van der Waals surface area (Å²) in [5.41, 5.74) is 1.43. The van der Waals surface area contributed by atoms with Crippen molar-refractivity contribution >= 4 is 0 Å². The van der Waals surface area contributed by atoms with Crippen LogP contribution in [0.3, 0.4) is 0 Å². The Morgan fingerprint density at radius 3 is 3.10 bits per heavy atom. The molecule has 0 unspecified atom stereocenters. The standard InChI is InChI=1S/C14H15FN4O/c1-18-7-12(14-13(8-18)20-14)19-6-11(16-17-19)9-3-2-4-10(15)5-9/h2-6,12-14H,7-8H2,1H3/t12-,13-,14+/m1/s1. The minimum absolute atomic E-state index is 0.188. The molecule has 4 rings (SSSR count). The van der Waals surface area contributed by atoms with Gasteiger partial charge in [0.25, 0.3) is 0 Å². The van der Waals surface area contributed by atoms with Crippen molar-refractivity contribution in [3.05, 3.63) is 36.3 Å². The first-order chi connectivity index (χ1) is 9.70. The summed E-state index contributed by atoms with van der Waals surface area (Å²) in [6.07, 6.45) is 2.44.